The van der Waals surface area contributed by atoms with Gasteiger partial charge in [-0.3, -0.25) is 0 Å². The molecule has 2 heterocycles. The van der Waals surface area contributed by atoms with Gasteiger partial charge in [0.2, 0.25) is 10.0 Å². The highest BCUT2D eigenvalue weighted by Gasteiger charge is 2.32. The number of sulfonamides is 1. The lowest BCUT2D eigenvalue weighted by molar-refractivity contribution is 0.473. The standard InChI is InChI=1S/C17H18ClN3O2S2/c1-25(22,23)20-7-6-15(11-20)21(12-16-3-2-8-24-16)14-5-4-13(10-19)17(18)9-14/h2-5,8-9,15H,6-7,11-12H2,1H3/t15-/m0/s1. The first-order valence-corrected chi connectivity index (χ1v) is 10.9. The molecule has 132 valence electrons. The Kier molecular flexibility index (Phi) is 5.35. The highest BCUT2D eigenvalue weighted by atomic mass is 35.5. The van der Waals surface area contributed by atoms with Crippen LogP contribution in [0.4, 0.5) is 5.69 Å². The lowest BCUT2D eigenvalue weighted by Gasteiger charge is -2.31. The summed E-state index contributed by atoms with van der Waals surface area (Å²) < 4.78 is 25.2. The van der Waals surface area contributed by atoms with E-state index in [4.69, 9.17) is 16.9 Å². The number of nitriles is 1. The fraction of sp³-hybridized carbons (Fsp3) is 0.353. The normalized spacial score (nSPS) is 18.2. The predicted octanol–water partition coefficient (Wildman–Crippen LogP) is 3.31. The monoisotopic (exact) mass is 395 g/mol. The zero-order chi connectivity index (χ0) is 18.0. The molecule has 5 nitrogen and oxygen atoms in total. The molecular formula is C17H18ClN3O2S2. The first-order chi connectivity index (χ1) is 11.9. The summed E-state index contributed by atoms with van der Waals surface area (Å²) in [5, 5.41) is 11.5. The first-order valence-electron chi connectivity index (χ1n) is 7.82. The van der Waals surface area contributed by atoms with E-state index < -0.39 is 10.0 Å². The molecule has 25 heavy (non-hydrogen) atoms. The molecule has 0 bridgehead atoms. The maximum Gasteiger partial charge on any atom is 0.211 e. The average molecular weight is 396 g/mol. The van der Waals surface area contributed by atoms with E-state index in [0.29, 0.717) is 30.2 Å². The molecule has 0 radical (unpaired) electrons. The van der Waals surface area contributed by atoms with E-state index in [-0.39, 0.29) is 6.04 Å². The average Bonchev–Trinajstić information content (AvgIpc) is 3.23. The van der Waals surface area contributed by atoms with Crippen LogP contribution in [0.1, 0.15) is 16.9 Å². The molecule has 2 aromatic rings. The molecular weight excluding hydrogens is 378 g/mol. The van der Waals surface area contributed by atoms with Crippen molar-refractivity contribution in [2.75, 3.05) is 24.2 Å². The SMILES string of the molecule is CS(=O)(=O)N1CC[C@H](N(Cc2cccs2)c2ccc(C#N)c(Cl)c2)C1. The number of nitrogens with zero attached hydrogens (tertiary/aromatic N) is 3. The zero-order valence-corrected chi connectivity index (χ0v) is 16.1. The summed E-state index contributed by atoms with van der Waals surface area (Å²) in [7, 11) is -3.19. The van der Waals surface area contributed by atoms with Crippen LogP contribution in [0.15, 0.2) is 35.7 Å². The highest BCUT2D eigenvalue weighted by molar-refractivity contribution is 7.88. The van der Waals surface area contributed by atoms with Gasteiger partial charge in [0, 0.05) is 29.7 Å². The van der Waals surface area contributed by atoms with Crippen molar-refractivity contribution in [2.45, 2.75) is 19.0 Å². The van der Waals surface area contributed by atoms with E-state index in [9.17, 15) is 8.42 Å². The number of halogens is 1. The summed E-state index contributed by atoms with van der Waals surface area (Å²) in [6, 6.07) is 11.6. The number of hydrogen-bond donors (Lipinski definition) is 0. The van der Waals surface area contributed by atoms with Crippen LogP contribution < -0.4 is 4.90 Å². The minimum absolute atomic E-state index is 0.0702. The lowest BCUT2D eigenvalue weighted by atomic mass is 10.1. The van der Waals surface area contributed by atoms with Crippen LogP contribution in [-0.2, 0) is 16.6 Å². The Morgan fingerprint density at radius 3 is 2.80 bits per heavy atom. The molecule has 1 aliphatic rings. The lowest BCUT2D eigenvalue weighted by Crippen LogP contribution is -2.38. The Hall–Kier alpha value is -1.59. The van der Waals surface area contributed by atoms with Crippen molar-refractivity contribution in [3.8, 4) is 6.07 Å². The summed E-state index contributed by atoms with van der Waals surface area (Å²) in [5.41, 5.74) is 1.34. The molecule has 0 unspecified atom stereocenters. The van der Waals surface area contributed by atoms with Crippen molar-refractivity contribution in [1.29, 1.82) is 5.26 Å². The Balaban J connectivity index is 1.91. The third-order valence-electron chi connectivity index (χ3n) is 4.35. The summed E-state index contributed by atoms with van der Waals surface area (Å²) in [5.74, 6) is 0. The quantitative estimate of drug-likeness (QED) is 0.779. The van der Waals surface area contributed by atoms with Gasteiger partial charge in [-0.25, -0.2) is 12.7 Å². The van der Waals surface area contributed by atoms with Crippen LogP contribution in [0.3, 0.4) is 0 Å². The minimum Gasteiger partial charge on any atom is -0.362 e. The van der Waals surface area contributed by atoms with E-state index in [1.807, 2.05) is 17.5 Å². The van der Waals surface area contributed by atoms with Crippen LogP contribution in [0.2, 0.25) is 5.02 Å². The maximum atomic E-state index is 11.8. The molecule has 0 saturated carbocycles. The topological polar surface area (TPSA) is 64.4 Å². The third-order valence-corrected chi connectivity index (χ3v) is 6.79. The number of benzene rings is 1. The van der Waals surface area contributed by atoms with E-state index in [1.54, 1.807) is 23.5 Å². The van der Waals surface area contributed by atoms with Gasteiger partial charge in [-0.05, 0) is 36.1 Å². The molecule has 1 saturated heterocycles. The second kappa shape index (κ2) is 7.34. The van der Waals surface area contributed by atoms with Gasteiger partial charge in [0.05, 0.1) is 23.4 Å². The van der Waals surface area contributed by atoms with Gasteiger partial charge >= 0.3 is 0 Å². The van der Waals surface area contributed by atoms with Crippen molar-refractivity contribution < 1.29 is 8.42 Å². The van der Waals surface area contributed by atoms with Gasteiger partial charge in [0.25, 0.3) is 0 Å². The predicted molar refractivity (Wildman–Crippen MR) is 101 cm³/mol. The molecule has 1 fully saturated rings. The molecule has 0 N–H and O–H groups in total. The zero-order valence-electron chi connectivity index (χ0n) is 13.7. The van der Waals surface area contributed by atoms with E-state index >= 15 is 0 Å². The van der Waals surface area contributed by atoms with Crippen molar-refractivity contribution in [3.63, 3.8) is 0 Å². The minimum atomic E-state index is -3.19. The van der Waals surface area contributed by atoms with Crippen LogP contribution in [-0.4, -0.2) is 38.1 Å². The fourth-order valence-corrected chi connectivity index (χ4v) is 4.84. The highest BCUT2D eigenvalue weighted by Crippen LogP contribution is 2.30. The molecule has 1 aromatic carbocycles. The summed E-state index contributed by atoms with van der Waals surface area (Å²) >= 11 is 7.87. The van der Waals surface area contributed by atoms with Gasteiger partial charge < -0.3 is 4.90 Å². The smallest absolute Gasteiger partial charge is 0.211 e. The van der Waals surface area contributed by atoms with E-state index in [2.05, 4.69) is 17.0 Å². The number of rotatable bonds is 5. The summed E-state index contributed by atoms with van der Waals surface area (Å²) in [6.45, 7) is 1.67. The van der Waals surface area contributed by atoms with Crippen molar-refractivity contribution >= 4 is 38.6 Å². The van der Waals surface area contributed by atoms with Gasteiger partial charge in [0.1, 0.15) is 6.07 Å². The number of hydrogen-bond acceptors (Lipinski definition) is 5. The first kappa shape index (κ1) is 18.2. The van der Waals surface area contributed by atoms with Crippen molar-refractivity contribution in [2.24, 2.45) is 0 Å². The molecule has 1 aliphatic heterocycles. The van der Waals surface area contributed by atoms with Crippen molar-refractivity contribution in [1.82, 2.24) is 4.31 Å². The summed E-state index contributed by atoms with van der Waals surface area (Å²) in [4.78, 5) is 3.38. The largest absolute Gasteiger partial charge is 0.362 e. The van der Waals surface area contributed by atoms with Crippen LogP contribution in [0, 0.1) is 11.3 Å². The molecule has 1 atom stereocenters. The fourth-order valence-electron chi connectivity index (χ4n) is 3.04. The van der Waals surface area contributed by atoms with E-state index in [0.717, 1.165) is 12.1 Å². The third kappa shape index (κ3) is 4.15. The number of anilines is 1. The second-order valence-electron chi connectivity index (χ2n) is 6.05. The Bertz CT molecular complexity index is 891. The Morgan fingerprint density at radius 1 is 1.44 bits per heavy atom. The van der Waals surface area contributed by atoms with Crippen LogP contribution in [0.25, 0.3) is 0 Å². The van der Waals surface area contributed by atoms with Gasteiger partial charge in [-0.2, -0.15) is 5.26 Å². The molecule has 0 amide bonds. The van der Waals surface area contributed by atoms with Crippen molar-refractivity contribution in [3.05, 3.63) is 51.2 Å². The molecule has 0 aliphatic carbocycles. The van der Waals surface area contributed by atoms with Crippen LogP contribution >= 0.6 is 22.9 Å². The molecule has 1 aromatic heterocycles. The molecule has 8 heteroatoms. The van der Waals surface area contributed by atoms with Gasteiger partial charge in [0.15, 0.2) is 0 Å². The van der Waals surface area contributed by atoms with Gasteiger partial charge in [-0.15, -0.1) is 11.3 Å². The maximum absolute atomic E-state index is 11.8. The molecule has 3 rings (SSSR count). The Labute approximate surface area is 157 Å². The van der Waals surface area contributed by atoms with E-state index in [1.165, 1.54) is 15.4 Å². The Morgan fingerprint density at radius 2 is 2.24 bits per heavy atom. The number of thiophene rings is 1. The summed E-state index contributed by atoms with van der Waals surface area (Å²) in [6.07, 6.45) is 2.01. The molecule has 0 spiro atoms. The van der Waals surface area contributed by atoms with Crippen LogP contribution in [0.5, 0.6) is 0 Å². The van der Waals surface area contributed by atoms with Gasteiger partial charge in [-0.1, -0.05) is 17.7 Å². The second-order valence-corrected chi connectivity index (χ2v) is 9.47.